The van der Waals surface area contributed by atoms with Gasteiger partial charge in [0.15, 0.2) is 6.29 Å². The first kappa shape index (κ1) is 13.7. The van der Waals surface area contributed by atoms with E-state index in [1.807, 2.05) is 54.6 Å². The van der Waals surface area contributed by atoms with E-state index < -0.39 is 0 Å². The first-order chi connectivity index (χ1) is 11.3. The van der Waals surface area contributed by atoms with Crippen molar-refractivity contribution in [1.82, 2.24) is 0 Å². The average Bonchev–Trinajstić information content (AvgIpc) is 3.01. The van der Waals surface area contributed by atoms with Gasteiger partial charge in [0.1, 0.15) is 0 Å². The lowest BCUT2D eigenvalue weighted by Crippen LogP contribution is -2.13. The largest absolute Gasteiger partial charge is 0.322 e. The molecule has 3 heteroatoms. The predicted octanol–water partition coefficient (Wildman–Crippen LogP) is 4.00. The molecule has 1 amide bonds. The highest BCUT2D eigenvalue weighted by molar-refractivity contribution is 6.17. The van der Waals surface area contributed by atoms with Crippen LogP contribution in [0.15, 0.2) is 54.6 Å². The summed E-state index contributed by atoms with van der Waals surface area (Å²) in [7, 11) is 0. The van der Waals surface area contributed by atoms with E-state index in [0.717, 1.165) is 35.6 Å². The fourth-order valence-electron chi connectivity index (χ4n) is 3.36. The average molecular weight is 301 g/mol. The molecule has 0 heterocycles. The number of hydrogen-bond acceptors (Lipinski definition) is 2. The Labute approximate surface area is 133 Å². The summed E-state index contributed by atoms with van der Waals surface area (Å²) in [6.45, 7) is 0. The summed E-state index contributed by atoms with van der Waals surface area (Å²) in [5.74, 6) is -0.185. The fraction of sp³-hybridized carbons (Fsp3) is 0.100. The molecule has 3 aromatic rings. The molecule has 1 aliphatic rings. The maximum atomic E-state index is 12.7. The van der Waals surface area contributed by atoms with Crippen LogP contribution in [0.4, 0.5) is 5.69 Å². The highest BCUT2D eigenvalue weighted by Crippen LogP contribution is 2.35. The quantitative estimate of drug-likeness (QED) is 0.743. The number of aryl methyl sites for hydroxylation is 2. The summed E-state index contributed by atoms with van der Waals surface area (Å²) in [6, 6.07) is 17.0. The minimum absolute atomic E-state index is 0.185. The molecule has 0 radical (unpaired) electrons. The molecule has 0 spiro atoms. The second-order valence-corrected chi connectivity index (χ2v) is 5.77. The van der Waals surface area contributed by atoms with Gasteiger partial charge in [-0.2, -0.15) is 0 Å². The number of aldehydes is 1. The molecule has 0 atom stereocenters. The number of rotatable bonds is 3. The molecule has 112 valence electrons. The summed E-state index contributed by atoms with van der Waals surface area (Å²) in [4.78, 5) is 24.2. The Bertz CT molecular complexity index is 919. The third kappa shape index (κ3) is 2.21. The lowest BCUT2D eigenvalue weighted by atomic mass is 9.95. The zero-order valence-corrected chi connectivity index (χ0v) is 12.5. The van der Waals surface area contributed by atoms with Crippen molar-refractivity contribution in [3.05, 3.63) is 76.9 Å². The van der Waals surface area contributed by atoms with E-state index in [-0.39, 0.29) is 5.91 Å². The molecule has 0 aromatic heterocycles. The number of benzene rings is 3. The predicted molar refractivity (Wildman–Crippen MR) is 91.1 cm³/mol. The SMILES string of the molecule is O=Cc1ccc2c3c(ccc(C(=O)Nc4ccccc4)c13)CC2. The third-order valence-corrected chi connectivity index (χ3v) is 4.43. The van der Waals surface area contributed by atoms with Gasteiger partial charge in [-0.25, -0.2) is 0 Å². The van der Waals surface area contributed by atoms with Crippen LogP contribution in [0.1, 0.15) is 31.8 Å². The topological polar surface area (TPSA) is 46.2 Å². The molecule has 0 saturated heterocycles. The van der Waals surface area contributed by atoms with Gasteiger partial charge in [-0.3, -0.25) is 9.59 Å². The van der Waals surface area contributed by atoms with Crippen molar-refractivity contribution in [2.75, 3.05) is 5.32 Å². The Morgan fingerprint density at radius 1 is 0.870 bits per heavy atom. The minimum atomic E-state index is -0.185. The van der Waals surface area contributed by atoms with Gasteiger partial charge in [0.05, 0.1) is 0 Å². The number of nitrogens with one attached hydrogen (secondary N) is 1. The second-order valence-electron chi connectivity index (χ2n) is 5.77. The van der Waals surface area contributed by atoms with Gasteiger partial charge in [-0.1, -0.05) is 36.4 Å². The fourth-order valence-corrected chi connectivity index (χ4v) is 3.36. The summed E-state index contributed by atoms with van der Waals surface area (Å²) in [6.07, 6.45) is 2.77. The number of anilines is 1. The van der Waals surface area contributed by atoms with Crippen molar-refractivity contribution >= 4 is 28.7 Å². The maximum Gasteiger partial charge on any atom is 0.256 e. The van der Waals surface area contributed by atoms with Crippen LogP contribution in [-0.4, -0.2) is 12.2 Å². The Morgan fingerprint density at radius 3 is 2.26 bits per heavy atom. The molecule has 3 aromatic carbocycles. The van der Waals surface area contributed by atoms with Crippen LogP contribution in [0.5, 0.6) is 0 Å². The summed E-state index contributed by atoms with van der Waals surface area (Å²) >= 11 is 0. The number of para-hydroxylation sites is 1. The molecule has 23 heavy (non-hydrogen) atoms. The van der Waals surface area contributed by atoms with Crippen LogP contribution in [-0.2, 0) is 12.8 Å². The normalized spacial score (nSPS) is 12.3. The maximum absolute atomic E-state index is 12.7. The monoisotopic (exact) mass is 301 g/mol. The van der Waals surface area contributed by atoms with Crippen LogP contribution in [0.3, 0.4) is 0 Å². The molecule has 1 N–H and O–H groups in total. The van der Waals surface area contributed by atoms with Crippen molar-refractivity contribution < 1.29 is 9.59 Å². The molecule has 0 aliphatic heterocycles. The Kier molecular flexibility index (Phi) is 3.19. The van der Waals surface area contributed by atoms with E-state index in [4.69, 9.17) is 0 Å². The first-order valence-electron chi connectivity index (χ1n) is 7.67. The van der Waals surface area contributed by atoms with Gasteiger partial charge in [0, 0.05) is 22.2 Å². The van der Waals surface area contributed by atoms with E-state index >= 15 is 0 Å². The summed E-state index contributed by atoms with van der Waals surface area (Å²) in [5, 5.41) is 4.76. The summed E-state index contributed by atoms with van der Waals surface area (Å²) in [5.41, 5.74) is 4.31. The molecule has 0 fully saturated rings. The Hall–Kier alpha value is -2.94. The van der Waals surface area contributed by atoms with Gasteiger partial charge in [0.25, 0.3) is 5.91 Å². The highest BCUT2D eigenvalue weighted by atomic mass is 16.1. The molecule has 0 unspecified atom stereocenters. The van der Waals surface area contributed by atoms with Gasteiger partial charge >= 0.3 is 0 Å². The zero-order valence-electron chi connectivity index (χ0n) is 12.5. The third-order valence-electron chi connectivity index (χ3n) is 4.43. The van der Waals surface area contributed by atoms with Crippen LogP contribution >= 0.6 is 0 Å². The molecular weight excluding hydrogens is 286 g/mol. The van der Waals surface area contributed by atoms with E-state index in [0.29, 0.717) is 11.1 Å². The molecule has 0 saturated carbocycles. The minimum Gasteiger partial charge on any atom is -0.322 e. The van der Waals surface area contributed by atoms with Crippen LogP contribution < -0.4 is 5.32 Å². The Morgan fingerprint density at radius 2 is 1.57 bits per heavy atom. The van der Waals surface area contributed by atoms with E-state index in [9.17, 15) is 9.59 Å². The molecule has 4 rings (SSSR count). The lowest BCUT2D eigenvalue weighted by Gasteiger charge is -2.11. The Balaban J connectivity index is 1.88. The second kappa shape index (κ2) is 5.36. The van der Waals surface area contributed by atoms with Crippen molar-refractivity contribution in [3.63, 3.8) is 0 Å². The number of carbonyl (C=O) groups excluding carboxylic acids is 2. The lowest BCUT2D eigenvalue weighted by molar-refractivity contribution is 0.102. The van der Waals surface area contributed by atoms with Crippen LogP contribution in [0, 0.1) is 0 Å². The molecule has 3 nitrogen and oxygen atoms in total. The van der Waals surface area contributed by atoms with Gasteiger partial charge in [-0.15, -0.1) is 0 Å². The highest BCUT2D eigenvalue weighted by Gasteiger charge is 2.21. The zero-order chi connectivity index (χ0) is 15.8. The van der Waals surface area contributed by atoms with Crippen LogP contribution in [0.2, 0.25) is 0 Å². The number of hydrogen-bond donors (Lipinski definition) is 1. The number of amides is 1. The van der Waals surface area contributed by atoms with E-state index in [1.165, 1.54) is 11.1 Å². The van der Waals surface area contributed by atoms with Crippen molar-refractivity contribution in [3.8, 4) is 0 Å². The standard InChI is InChI=1S/C20H15NO2/c22-12-15-9-8-13-6-7-14-10-11-17(19(15)18(13)14)20(23)21-16-4-2-1-3-5-16/h1-5,8-12H,6-7H2,(H,21,23). The molecule has 0 bridgehead atoms. The molecular formula is C20H15NO2. The smallest absolute Gasteiger partial charge is 0.256 e. The van der Waals surface area contributed by atoms with Gasteiger partial charge in [0.2, 0.25) is 0 Å². The number of carbonyl (C=O) groups is 2. The van der Waals surface area contributed by atoms with E-state index in [2.05, 4.69) is 5.32 Å². The summed E-state index contributed by atoms with van der Waals surface area (Å²) < 4.78 is 0. The van der Waals surface area contributed by atoms with Crippen molar-refractivity contribution in [2.24, 2.45) is 0 Å². The van der Waals surface area contributed by atoms with Crippen LogP contribution in [0.25, 0.3) is 10.8 Å². The van der Waals surface area contributed by atoms with E-state index in [1.54, 1.807) is 0 Å². The first-order valence-corrected chi connectivity index (χ1v) is 7.67. The van der Waals surface area contributed by atoms with Crippen molar-refractivity contribution in [2.45, 2.75) is 12.8 Å². The van der Waals surface area contributed by atoms with Crippen molar-refractivity contribution in [1.29, 1.82) is 0 Å². The van der Waals surface area contributed by atoms with Gasteiger partial charge in [-0.05, 0) is 47.6 Å². The molecule has 1 aliphatic carbocycles. The van der Waals surface area contributed by atoms with Gasteiger partial charge < -0.3 is 5.32 Å².